The molecule has 144 valence electrons. The van der Waals surface area contributed by atoms with Gasteiger partial charge in [0.05, 0.1) is 18.3 Å². The highest BCUT2D eigenvalue weighted by Crippen LogP contribution is 2.24. The number of nitrogens with one attached hydrogen (secondary N) is 2. The molecule has 3 heterocycles. The summed E-state index contributed by atoms with van der Waals surface area (Å²) >= 11 is 0. The molecule has 2 fully saturated rings. The van der Waals surface area contributed by atoms with E-state index in [0.717, 1.165) is 44.6 Å². The predicted molar refractivity (Wildman–Crippen MR) is 105 cm³/mol. The van der Waals surface area contributed by atoms with Crippen LogP contribution in [0.2, 0.25) is 0 Å². The lowest BCUT2D eigenvalue weighted by Crippen LogP contribution is -2.29. The van der Waals surface area contributed by atoms with E-state index in [2.05, 4.69) is 50.1 Å². The molecule has 0 radical (unpaired) electrons. The average Bonchev–Trinajstić information content (AvgIpc) is 3.41. The van der Waals surface area contributed by atoms with Crippen LogP contribution in [0.3, 0.4) is 0 Å². The summed E-state index contributed by atoms with van der Waals surface area (Å²) in [5, 5.41) is 14.7. The standard InChI is InChI=1S/C20H28N6O/c1-15(16-5-4-6-18(13-16)25-11-2-3-12-25)22-20(27)19-14-26(24-23-19)17-7-9-21-10-8-17/h4-6,13-15,17,21H,2-3,7-12H2,1H3,(H,22,27). The zero-order chi connectivity index (χ0) is 18.6. The van der Waals surface area contributed by atoms with Crippen molar-refractivity contribution in [1.82, 2.24) is 25.6 Å². The van der Waals surface area contributed by atoms with E-state index in [4.69, 9.17) is 0 Å². The van der Waals surface area contributed by atoms with Gasteiger partial charge in [0.25, 0.3) is 5.91 Å². The van der Waals surface area contributed by atoms with E-state index in [1.54, 1.807) is 6.20 Å². The Morgan fingerprint density at radius 3 is 2.81 bits per heavy atom. The van der Waals surface area contributed by atoms with Crippen LogP contribution >= 0.6 is 0 Å². The van der Waals surface area contributed by atoms with Gasteiger partial charge in [-0.1, -0.05) is 17.3 Å². The van der Waals surface area contributed by atoms with Crippen LogP contribution in [0, 0.1) is 0 Å². The minimum atomic E-state index is -0.172. The lowest BCUT2D eigenvalue weighted by Gasteiger charge is -2.22. The first-order valence-electron chi connectivity index (χ1n) is 9.99. The molecule has 27 heavy (non-hydrogen) atoms. The van der Waals surface area contributed by atoms with E-state index < -0.39 is 0 Å². The molecule has 0 bridgehead atoms. The molecule has 4 rings (SSSR count). The van der Waals surface area contributed by atoms with Gasteiger partial charge in [-0.25, -0.2) is 4.68 Å². The van der Waals surface area contributed by atoms with Crippen molar-refractivity contribution in [3.8, 4) is 0 Å². The molecule has 2 aliphatic rings. The average molecular weight is 368 g/mol. The Bertz CT molecular complexity index is 776. The molecular formula is C20H28N6O. The third-order valence-corrected chi connectivity index (χ3v) is 5.61. The molecular weight excluding hydrogens is 340 g/mol. The lowest BCUT2D eigenvalue weighted by atomic mass is 10.1. The predicted octanol–water partition coefficient (Wildman–Crippen LogP) is 2.29. The van der Waals surface area contributed by atoms with Gasteiger partial charge in [0.1, 0.15) is 0 Å². The van der Waals surface area contributed by atoms with Gasteiger partial charge in [-0.3, -0.25) is 4.79 Å². The van der Waals surface area contributed by atoms with Gasteiger partial charge in [0, 0.05) is 18.8 Å². The van der Waals surface area contributed by atoms with Crippen molar-refractivity contribution in [1.29, 1.82) is 0 Å². The summed E-state index contributed by atoms with van der Waals surface area (Å²) < 4.78 is 1.84. The van der Waals surface area contributed by atoms with Gasteiger partial charge in [-0.2, -0.15) is 0 Å². The Hall–Kier alpha value is -2.41. The number of anilines is 1. The number of rotatable bonds is 5. The minimum Gasteiger partial charge on any atom is -0.372 e. The lowest BCUT2D eigenvalue weighted by molar-refractivity contribution is 0.0934. The summed E-state index contributed by atoms with van der Waals surface area (Å²) in [5.41, 5.74) is 2.73. The Kier molecular flexibility index (Phi) is 5.38. The molecule has 0 aliphatic carbocycles. The third kappa shape index (κ3) is 4.13. The first-order chi connectivity index (χ1) is 13.2. The van der Waals surface area contributed by atoms with Crippen molar-refractivity contribution < 1.29 is 4.79 Å². The highest BCUT2D eigenvalue weighted by Gasteiger charge is 2.20. The van der Waals surface area contributed by atoms with Gasteiger partial charge in [-0.15, -0.1) is 5.10 Å². The monoisotopic (exact) mass is 368 g/mol. The van der Waals surface area contributed by atoms with E-state index >= 15 is 0 Å². The quantitative estimate of drug-likeness (QED) is 0.847. The van der Waals surface area contributed by atoms with Crippen LogP contribution in [0.5, 0.6) is 0 Å². The molecule has 7 heteroatoms. The Balaban J connectivity index is 1.40. The maximum Gasteiger partial charge on any atom is 0.273 e. The number of amides is 1. The zero-order valence-corrected chi connectivity index (χ0v) is 15.9. The molecule has 2 N–H and O–H groups in total. The second kappa shape index (κ2) is 8.08. The smallest absolute Gasteiger partial charge is 0.273 e. The fraction of sp³-hybridized carbons (Fsp3) is 0.550. The number of piperidine rings is 1. The summed E-state index contributed by atoms with van der Waals surface area (Å²) in [6, 6.07) is 8.71. The highest BCUT2D eigenvalue weighted by atomic mass is 16.2. The molecule has 1 aromatic heterocycles. The Labute approximate surface area is 160 Å². The third-order valence-electron chi connectivity index (χ3n) is 5.61. The molecule has 0 saturated carbocycles. The zero-order valence-electron chi connectivity index (χ0n) is 15.9. The molecule has 1 amide bonds. The van der Waals surface area contributed by atoms with Gasteiger partial charge < -0.3 is 15.5 Å². The second-order valence-corrected chi connectivity index (χ2v) is 7.55. The number of carbonyl (C=O) groups excluding carboxylic acids is 1. The topological polar surface area (TPSA) is 75.1 Å². The van der Waals surface area contributed by atoms with E-state index in [1.165, 1.54) is 18.5 Å². The Morgan fingerprint density at radius 2 is 2.04 bits per heavy atom. The normalized spacial score (nSPS) is 19.2. The van der Waals surface area contributed by atoms with Crippen LogP contribution in [0.15, 0.2) is 30.5 Å². The summed E-state index contributed by atoms with van der Waals surface area (Å²) in [5.74, 6) is -0.172. The summed E-state index contributed by atoms with van der Waals surface area (Å²) in [7, 11) is 0. The van der Waals surface area contributed by atoms with Gasteiger partial charge in [-0.05, 0) is 63.4 Å². The number of aromatic nitrogens is 3. The molecule has 1 atom stereocenters. The second-order valence-electron chi connectivity index (χ2n) is 7.55. The molecule has 2 aromatic rings. The minimum absolute atomic E-state index is 0.0796. The number of hydrogen-bond acceptors (Lipinski definition) is 5. The maximum atomic E-state index is 12.6. The van der Waals surface area contributed by atoms with Crippen molar-refractivity contribution in [2.24, 2.45) is 0 Å². The van der Waals surface area contributed by atoms with E-state index in [9.17, 15) is 4.79 Å². The van der Waals surface area contributed by atoms with E-state index in [1.807, 2.05) is 11.6 Å². The SMILES string of the molecule is CC(NC(=O)c1cn(C2CCNCC2)nn1)c1cccc(N2CCCC2)c1. The van der Waals surface area contributed by atoms with Crippen LogP contribution in [-0.4, -0.2) is 47.1 Å². The number of carbonyl (C=O) groups is 1. The van der Waals surface area contributed by atoms with Crippen LogP contribution < -0.4 is 15.5 Å². The van der Waals surface area contributed by atoms with Gasteiger partial charge in [0.2, 0.25) is 0 Å². The fourth-order valence-electron chi connectivity index (χ4n) is 3.95. The molecule has 7 nitrogen and oxygen atoms in total. The molecule has 1 aromatic carbocycles. The van der Waals surface area contributed by atoms with Gasteiger partial charge >= 0.3 is 0 Å². The van der Waals surface area contributed by atoms with E-state index in [-0.39, 0.29) is 11.9 Å². The van der Waals surface area contributed by atoms with Crippen molar-refractivity contribution in [3.63, 3.8) is 0 Å². The van der Waals surface area contributed by atoms with Crippen molar-refractivity contribution in [2.75, 3.05) is 31.1 Å². The highest BCUT2D eigenvalue weighted by molar-refractivity contribution is 5.92. The van der Waals surface area contributed by atoms with Crippen molar-refractivity contribution >= 4 is 11.6 Å². The number of nitrogens with zero attached hydrogens (tertiary/aromatic N) is 4. The molecule has 1 unspecified atom stereocenters. The van der Waals surface area contributed by atoms with Crippen molar-refractivity contribution in [2.45, 2.75) is 44.7 Å². The van der Waals surface area contributed by atoms with Crippen LogP contribution in [0.25, 0.3) is 0 Å². The maximum absolute atomic E-state index is 12.6. The van der Waals surface area contributed by atoms with Crippen LogP contribution in [0.4, 0.5) is 5.69 Å². The van der Waals surface area contributed by atoms with E-state index in [0.29, 0.717) is 11.7 Å². The molecule has 2 saturated heterocycles. The number of hydrogen-bond donors (Lipinski definition) is 2. The first-order valence-corrected chi connectivity index (χ1v) is 9.99. The summed E-state index contributed by atoms with van der Waals surface area (Å²) in [6.45, 7) is 6.21. The van der Waals surface area contributed by atoms with Crippen molar-refractivity contribution in [3.05, 3.63) is 41.7 Å². The van der Waals surface area contributed by atoms with Gasteiger partial charge in [0.15, 0.2) is 5.69 Å². The fourth-order valence-corrected chi connectivity index (χ4v) is 3.95. The number of benzene rings is 1. The molecule has 2 aliphatic heterocycles. The Morgan fingerprint density at radius 1 is 1.26 bits per heavy atom. The molecule has 0 spiro atoms. The first kappa shape index (κ1) is 18.0. The summed E-state index contributed by atoms with van der Waals surface area (Å²) in [4.78, 5) is 15.0. The van der Waals surface area contributed by atoms with Crippen LogP contribution in [0.1, 0.15) is 60.7 Å². The largest absolute Gasteiger partial charge is 0.372 e. The van der Waals surface area contributed by atoms with Crippen LogP contribution in [-0.2, 0) is 0 Å². The summed E-state index contributed by atoms with van der Waals surface area (Å²) in [6.07, 6.45) is 6.32.